The highest BCUT2D eigenvalue weighted by molar-refractivity contribution is 7.10. The number of aliphatic imine (C=N–C) groups is 1. The number of hydrogen-bond donors (Lipinski definition) is 1. The molecule has 2 aromatic heterocycles. The molecule has 3 rings (SSSR count). The summed E-state index contributed by atoms with van der Waals surface area (Å²) in [6, 6.07) is 8.44. The van der Waals surface area contributed by atoms with Gasteiger partial charge in [0, 0.05) is 36.2 Å². The third kappa shape index (κ3) is 2.43. The lowest BCUT2D eigenvalue weighted by molar-refractivity contribution is 0.844. The van der Waals surface area contributed by atoms with Crippen LogP contribution in [0.1, 0.15) is 22.8 Å². The fraction of sp³-hybridized carbons (Fsp3) is 0.286. The van der Waals surface area contributed by atoms with E-state index in [4.69, 9.17) is 0 Å². The van der Waals surface area contributed by atoms with Crippen molar-refractivity contribution in [3.8, 4) is 0 Å². The summed E-state index contributed by atoms with van der Waals surface area (Å²) < 4.78 is 0. The first kappa shape index (κ1) is 11.4. The fourth-order valence-corrected chi connectivity index (χ4v) is 3.09. The molecule has 3 heterocycles. The molecule has 4 heteroatoms. The van der Waals surface area contributed by atoms with Crippen LogP contribution in [0, 0.1) is 0 Å². The van der Waals surface area contributed by atoms with Crippen molar-refractivity contribution >= 4 is 17.2 Å². The number of rotatable bonds is 4. The van der Waals surface area contributed by atoms with Crippen molar-refractivity contribution < 1.29 is 0 Å². The normalized spacial score (nSPS) is 16.1. The molecule has 0 radical (unpaired) electrons. The van der Waals surface area contributed by atoms with E-state index in [0.29, 0.717) is 5.92 Å². The third-order valence-electron chi connectivity index (χ3n) is 3.11. The Kier molecular flexibility index (Phi) is 3.37. The second-order valence-corrected chi connectivity index (χ2v) is 5.29. The highest BCUT2D eigenvalue weighted by Gasteiger charge is 2.19. The number of hydrogen-bond acceptors (Lipinski definition) is 4. The van der Waals surface area contributed by atoms with Crippen LogP contribution in [0.15, 0.2) is 47.0 Å². The Balaban J connectivity index is 1.89. The van der Waals surface area contributed by atoms with E-state index in [1.54, 1.807) is 11.3 Å². The van der Waals surface area contributed by atoms with Crippen molar-refractivity contribution in [2.45, 2.75) is 12.3 Å². The summed E-state index contributed by atoms with van der Waals surface area (Å²) in [6.07, 6.45) is 4.71. The van der Waals surface area contributed by atoms with Gasteiger partial charge in [0.25, 0.3) is 0 Å². The van der Waals surface area contributed by atoms with Crippen LogP contribution in [0.2, 0.25) is 0 Å². The average molecular weight is 257 g/mol. The second kappa shape index (κ2) is 5.31. The zero-order chi connectivity index (χ0) is 12.2. The molecule has 92 valence electrons. The van der Waals surface area contributed by atoms with Gasteiger partial charge in [-0.25, -0.2) is 0 Å². The number of pyridine rings is 1. The molecule has 0 aromatic carbocycles. The van der Waals surface area contributed by atoms with Crippen molar-refractivity contribution in [1.82, 2.24) is 10.3 Å². The van der Waals surface area contributed by atoms with E-state index in [9.17, 15) is 0 Å². The minimum atomic E-state index is 0.364. The van der Waals surface area contributed by atoms with Gasteiger partial charge in [0.05, 0.1) is 12.4 Å². The zero-order valence-electron chi connectivity index (χ0n) is 10.0. The monoisotopic (exact) mass is 257 g/mol. The molecule has 0 saturated carbocycles. The van der Waals surface area contributed by atoms with Gasteiger partial charge in [-0.15, -0.1) is 11.3 Å². The van der Waals surface area contributed by atoms with Gasteiger partial charge in [0.1, 0.15) is 0 Å². The molecule has 0 unspecified atom stereocenters. The Labute approximate surface area is 111 Å². The van der Waals surface area contributed by atoms with Crippen LogP contribution >= 0.6 is 11.3 Å². The van der Waals surface area contributed by atoms with Gasteiger partial charge in [-0.2, -0.15) is 0 Å². The van der Waals surface area contributed by atoms with Gasteiger partial charge in [-0.3, -0.25) is 9.98 Å². The van der Waals surface area contributed by atoms with Crippen molar-refractivity contribution in [3.05, 3.63) is 52.5 Å². The van der Waals surface area contributed by atoms with Crippen LogP contribution in [-0.4, -0.2) is 23.9 Å². The van der Waals surface area contributed by atoms with Gasteiger partial charge >= 0.3 is 0 Å². The molecule has 0 fully saturated rings. The summed E-state index contributed by atoms with van der Waals surface area (Å²) in [5.74, 6) is 1.49. The van der Waals surface area contributed by atoms with E-state index in [1.165, 1.54) is 10.4 Å². The van der Waals surface area contributed by atoms with Crippen LogP contribution in [0.5, 0.6) is 0 Å². The largest absolute Gasteiger partial charge is 0.372 e. The van der Waals surface area contributed by atoms with E-state index in [-0.39, 0.29) is 0 Å². The van der Waals surface area contributed by atoms with Crippen molar-refractivity contribution in [3.63, 3.8) is 0 Å². The molecular weight excluding hydrogens is 242 g/mol. The molecule has 1 atom stereocenters. The van der Waals surface area contributed by atoms with E-state index in [1.807, 2.05) is 18.5 Å². The molecule has 0 spiro atoms. The van der Waals surface area contributed by atoms with E-state index in [0.717, 1.165) is 25.3 Å². The van der Waals surface area contributed by atoms with E-state index < -0.39 is 0 Å². The maximum Gasteiger partial charge on any atom is 0.0974 e. The molecule has 1 aliphatic heterocycles. The molecule has 0 amide bonds. The minimum absolute atomic E-state index is 0.364. The third-order valence-corrected chi connectivity index (χ3v) is 4.10. The minimum Gasteiger partial charge on any atom is -0.372 e. The number of nitrogens with one attached hydrogen (secondary N) is 1. The first-order valence-electron chi connectivity index (χ1n) is 6.14. The summed E-state index contributed by atoms with van der Waals surface area (Å²) >= 11 is 1.80. The molecule has 3 nitrogen and oxygen atoms in total. The molecule has 0 saturated heterocycles. The summed E-state index contributed by atoms with van der Waals surface area (Å²) in [5, 5.41) is 5.48. The van der Waals surface area contributed by atoms with Crippen LogP contribution in [0.4, 0.5) is 0 Å². The molecule has 0 aliphatic carbocycles. The standard InChI is InChI=1S/C14H15N3S/c1-3-11(10-15-5-1)12(13-4-2-8-18-13)9-14-16-6-7-17-14/h1-5,8,10,12H,6-7,9H2,(H,16,17)/t12-/m0/s1. The molecular formula is C14H15N3S. The number of amidine groups is 1. The maximum atomic E-state index is 4.50. The van der Waals surface area contributed by atoms with Gasteiger partial charge in [-0.05, 0) is 23.1 Å². The summed E-state index contributed by atoms with van der Waals surface area (Å²) in [4.78, 5) is 10.1. The predicted molar refractivity (Wildman–Crippen MR) is 75.3 cm³/mol. The topological polar surface area (TPSA) is 37.3 Å². The highest BCUT2D eigenvalue weighted by Crippen LogP contribution is 2.31. The molecule has 1 N–H and O–H groups in total. The highest BCUT2D eigenvalue weighted by atomic mass is 32.1. The number of thiophene rings is 1. The SMILES string of the molecule is c1cncc([C@H](CC2=NCCN2)c2cccs2)c1. The molecule has 1 aliphatic rings. The Morgan fingerprint density at radius 3 is 3.00 bits per heavy atom. The van der Waals surface area contributed by atoms with Crippen LogP contribution in [-0.2, 0) is 0 Å². The Morgan fingerprint density at radius 1 is 1.33 bits per heavy atom. The molecule has 2 aromatic rings. The Hall–Kier alpha value is -1.68. The fourth-order valence-electron chi connectivity index (χ4n) is 2.23. The average Bonchev–Trinajstić information content (AvgIpc) is 3.10. The summed E-state index contributed by atoms with van der Waals surface area (Å²) in [5.41, 5.74) is 1.26. The van der Waals surface area contributed by atoms with Crippen molar-refractivity contribution in [2.75, 3.05) is 13.1 Å². The summed E-state index contributed by atoms with van der Waals surface area (Å²) in [7, 11) is 0. The van der Waals surface area contributed by atoms with Gasteiger partial charge < -0.3 is 5.32 Å². The Morgan fingerprint density at radius 2 is 2.33 bits per heavy atom. The number of nitrogens with zero attached hydrogens (tertiary/aromatic N) is 2. The quantitative estimate of drug-likeness (QED) is 0.914. The van der Waals surface area contributed by atoms with Crippen molar-refractivity contribution in [1.29, 1.82) is 0 Å². The smallest absolute Gasteiger partial charge is 0.0974 e. The van der Waals surface area contributed by atoms with Crippen molar-refractivity contribution in [2.24, 2.45) is 4.99 Å². The lowest BCUT2D eigenvalue weighted by atomic mass is 9.95. The summed E-state index contributed by atoms with van der Waals surface area (Å²) in [6.45, 7) is 1.87. The van der Waals surface area contributed by atoms with E-state index >= 15 is 0 Å². The number of aromatic nitrogens is 1. The first-order chi connectivity index (χ1) is 8.93. The maximum absolute atomic E-state index is 4.50. The zero-order valence-corrected chi connectivity index (χ0v) is 10.9. The first-order valence-corrected chi connectivity index (χ1v) is 7.02. The van der Waals surface area contributed by atoms with Gasteiger partial charge in [-0.1, -0.05) is 12.1 Å². The molecule has 18 heavy (non-hydrogen) atoms. The second-order valence-electron chi connectivity index (χ2n) is 4.31. The van der Waals surface area contributed by atoms with Crippen LogP contribution < -0.4 is 5.32 Å². The van der Waals surface area contributed by atoms with E-state index in [2.05, 4.69) is 38.9 Å². The van der Waals surface area contributed by atoms with Crippen LogP contribution in [0.3, 0.4) is 0 Å². The predicted octanol–water partition coefficient (Wildman–Crippen LogP) is 2.67. The van der Waals surface area contributed by atoms with Gasteiger partial charge in [0.2, 0.25) is 0 Å². The lowest BCUT2D eigenvalue weighted by Crippen LogP contribution is -2.21. The van der Waals surface area contributed by atoms with Gasteiger partial charge in [0.15, 0.2) is 0 Å². The lowest BCUT2D eigenvalue weighted by Gasteiger charge is -2.15. The Bertz CT molecular complexity index is 519. The molecule has 0 bridgehead atoms. The van der Waals surface area contributed by atoms with Crippen LogP contribution in [0.25, 0.3) is 0 Å².